The van der Waals surface area contributed by atoms with Crippen LogP contribution in [0.5, 0.6) is 5.75 Å². The number of halogens is 3. The molecule has 0 atom stereocenters. The fourth-order valence-electron chi connectivity index (χ4n) is 1.25. The van der Waals surface area contributed by atoms with Gasteiger partial charge >= 0.3 is 0 Å². The Labute approximate surface area is 112 Å². The van der Waals surface area contributed by atoms with Gasteiger partial charge < -0.3 is 10.1 Å². The molecule has 0 aliphatic heterocycles. The molecule has 2 rings (SSSR count). The molecule has 0 bridgehead atoms. The van der Waals surface area contributed by atoms with Crippen LogP contribution in [0.4, 0.5) is 15.9 Å². The third-order valence-corrected chi connectivity index (χ3v) is 2.45. The van der Waals surface area contributed by atoms with Crippen molar-refractivity contribution in [3.63, 3.8) is 0 Å². The largest absolute Gasteiger partial charge is 0.494 e. The van der Waals surface area contributed by atoms with Crippen molar-refractivity contribution in [3.8, 4) is 5.75 Å². The molecule has 0 fully saturated rings. The summed E-state index contributed by atoms with van der Waals surface area (Å²) in [6.07, 6.45) is 0. The van der Waals surface area contributed by atoms with Crippen molar-refractivity contribution in [2.45, 2.75) is 0 Å². The van der Waals surface area contributed by atoms with E-state index in [0.717, 1.165) is 0 Å². The highest BCUT2D eigenvalue weighted by Crippen LogP contribution is 2.26. The Hall–Kier alpha value is -1.66. The van der Waals surface area contributed by atoms with Gasteiger partial charge in [-0.3, -0.25) is 0 Å². The average Bonchev–Trinajstić information content (AvgIpc) is 2.36. The molecular formula is C10H7Cl2FN4O. The lowest BCUT2D eigenvalue weighted by molar-refractivity contribution is 0.387. The van der Waals surface area contributed by atoms with E-state index in [9.17, 15) is 4.39 Å². The number of hydrogen-bond acceptors (Lipinski definition) is 5. The minimum atomic E-state index is -0.465. The second kappa shape index (κ2) is 5.32. The highest BCUT2D eigenvalue weighted by atomic mass is 35.5. The molecular weight excluding hydrogens is 282 g/mol. The monoisotopic (exact) mass is 288 g/mol. The van der Waals surface area contributed by atoms with E-state index in [2.05, 4.69) is 20.5 Å². The van der Waals surface area contributed by atoms with Crippen LogP contribution in [0.25, 0.3) is 0 Å². The van der Waals surface area contributed by atoms with Gasteiger partial charge in [-0.15, -0.1) is 10.2 Å². The minimum absolute atomic E-state index is 0.0454. The van der Waals surface area contributed by atoms with Gasteiger partial charge in [0.15, 0.2) is 22.5 Å². The number of benzene rings is 1. The molecule has 2 aromatic rings. The van der Waals surface area contributed by atoms with Gasteiger partial charge in [-0.2, -0.15) is 4.98 Å². The third-order valence-electron chi connectivity index (χ3n) is 2.03. The van der Waals surface area contributed by atoms with E-state index in [-0.39, 0.29) is 22.0 Å². The highest BCUT2D eigenvalue weighted by molar-refractivity contribution is 6.32. The standard InChI is InChI=1S/C10H7Cl2FN4O/c1-18-7-4-5(2-3-6(7)13)14-9-8(11)16-17-10(12)15-9/h2-4H,1H3,(H,14,15,17). The Kier molecular flexibility index (Phi) is 3.78. The van der Waals surface area contributed by atoms with Gasteiger partial charge in [-0.1, -0.05) is 11.6 Å². The topological polar surface area (TPSA) is 59.9 Å². The maximum atomic E-state index is 13.2. The van der Waals surface area contributed by atoms with Crippen molar-refractivity contribution in [1.82, 2.24) is 15.2 Å². The van der Waals surface area contributed by atoms with Crippen LogP contribution < -0.4 is 10.1 Å². The molecule has 18 heavy (non-hydrogen) atoms. The molecule has 94 valence electrons. The van der Waals surface area contributed by atoms with Crippen molar-refractivity contribution in [1.29, 1.82) is 0 Å². The van der Waals surface area contributed by atoms with Gasteiger partial charge in [0, 0.05) is 11.8 Å². The van der Waals surface area contributed by atoms with Gasteiger partial charge in [0.2, 0.25) is 5.28 Å². The van der Waals surface area contributed by atoms with Crippen LogP contribution in [0.2, 0.25) is 10.4 Å². The normalized spacial score (nSPS) is 10.2. The summed E-state index contributed by atoms with van der Waals surface area (Å²) < 4.78 is 18.1. The molecule has 0 radical (unpaired) electrons. The smallest absolute Gasteiger partial charge is 0.245 e. The first kappa shape index (κ1) is 12.8. The number of nitrogens with one attached hydrogen (secondary N) is 1. The summed E-state index contributed by atoms with van der Waals surface area (Å²) in [5, 5.41) is 9.92. The molecule has 0 saturated carbocycles. The first-order valence-electron chi connectivity index (χ1n) is 4.76. The Morgan fingerprint density at radius 2 is 2.06 bits per heavy atom. The Balaban J connectivity index is 2.31. The molecule has 5 nitrogen and oxygen atoms in total. The van der Waals surface area contributed by atoms with E-state index < -0.39 is 5.82 Å². The predicted octanol–water partition coefficient (Wildman–Crippen LogP) is 3.07. The SMILES string of the molecule is COc1cc(Nc2nc(Cl)nnc2Cl)ccc1F. The van der Waals surface area contributed by atoms with Crippen molar-refractivity contribution in [3.05, 3.63) is 34.5 Å². The molecule has 0 saturated heterocycles. The fourth-order valence-corrected chi connectivity index (χ4v) is 1.50. The van der Waals surface area contributed by atoms with Crippen LogP contribution >= 0.6 is 23.2 Å². The number of methoxy groups -OCH3 is 1. The summed E-state index contributed by atoms with van der Waals surface area (Å²) in [6.45, 7) is 0. The maximum Gasteiger partial charge on any atom is 0.245 e. The molecule has 1 N–H and O–H groups in total. The molecule has 0 spiro atoms. The van der Waals surface area contributed by atoms with Gasteiger partial charge in [0.05, 0.1) is 7.11 Å². The maximum absolute atomic E-state index is 13.2. The lowest BCUT2D eigenvalue weighted by atomic mass is 10.3. The fraction of sp³-hybridized carbons (Fsp3) is 0.100. The van der Waals surface area contributed by atoms with E-state index >= 15 is 0 Å². The zero-order valence-corrected chi connectivity index (χ0v) is 10.6. The van der Waals surface area contributed by atoms with Crippen LogP contribution in [-0.2, 0) is 0 Å². The van der Waals surface area contributed by atoms with Gasteiger partial charge in [-0.25, -0.2) is 4.39 Å². The first-order chi connectivity index (χ1) is 8.60. The molecule has 0 unspecified atom stereocenters. The van der Waals surface area contributed by atoms with E-state index in [1.807, 2.05) is 0 Å². The molecule has 0 aliphatic carbocycles. The van der Waals surface area contributed by atoms with Crippen LogP contribution in [0.1, 0.15) is 0 Å². The summed E-state index contributed by atoms with van der Waals surface area (Å²) in [6, 6.07) is 4.22. The molecule has 1 aromatic carbocycles. The number of hydrogen-bond donors (Lipinski definition) is 1. The molecule has 1 heterocycles. The van der Waals surface area contributed by atoms with Crippen molar-refractivity contribution < 1.29 is 9.13 Å². The average molecular weight is 289 g/mol. The minimum Gasteiger partial charge on any atom is -0.494 e. The summed E-state index contributed by atoms with van der Waals surface area (Å²) in [5.74, 6) is -0.137. The number of aromatic nitrogens is 3. The summed E-state index contributed by atoms with van der Waals surface area (Å²) in [5.41, 5.74) is 0.534. The van der Waals surface area contributed by atoms with E-state index in [1.54, 1.807) is 0 Å². The molecule has 8 heteroatoms. The molecule has 1 aromatic heterocycles. The third kappa shape index (κ3) is 2.77. The Morgan fingerprint density at radius 3 is 2.78 bits per heavy atom. The van der Waals surface area contributed by atoms with Crippen molar-refractivity contribution >= 4 is 34.7 Å². The van der Waals surface area contributed by atoms with E-state index in [1.165, 1.54) is 25.3 Å². The zero-order valence-electron chi connectivity index (χ0n) is 9.12. The highest BCUT2D eigenvalue weighted by Gasteiger charge is 2.08. The second-order valence-corrected chi connectivity index (χ2v) is 3.89. The number of anilines is 2. The first-order valence-corrected chi connectivity index (χ1v) is 5.52. The summed E-state index contributed by atoms with van der Waals surface area (Å²) in [4.78, 5) is 3.86. The Morgan fingerprint density at radius 1 is 1.28 bits per heavy atom. The van der Waals surface area contributed by atoms with E-state index in [0.29, 0.717) is 5.69 Å². The number of nitrogens with zero attached hydrogens (tertiary/aromatic N) is 3. The number of rotatable bonds is 3. The van der Waals surface area contributed by atoms with E-state index in [4.69, 9.17) is 27.9 Å². The quantitative estimate of drug-likeness (QED) is 0.941. The van der Waals surface area contributed by atoms with Crippen LogP contribution in [0, 0.1) is 5.82 Å². The van der Waals surface area contributed by atoms with Crippen molar-refractivity contribution in [2.75, 3.05) is 12.4 Å². The van der Waals surface area contributed by atoms with Crippen molar-refractivity contribution in [2.24, 2.45) is 0 Å². The lowest BCUT2D eigenvalue weighted by Gasteiger charge is -2.08. The summed E-state index contributed by atoms with van der Waals surface area (Å²) >= 11 is 11.4. The summed E-state index contributed by atoms with van der Waals surface area (Å²) in [7, 11) is 1.37. The van der Waals surface area contributed by atoms with Gasteiger partial charge in [0.1, 0.15) is 0 Å². The van der Waals surface area contributed by atoms with Gasteiger partial charge in [-0.05, 0) is 23.7 Å². The van der Waals surface area contributed by atoms with Crippen LogP contribution in [-0.4, -0.2) is 22.3 Å². The number of ether oxygens (including phenoxy) is 1. The van der Waals surface area contributed by atoms with Crippen LogP contribution in [0.3, 0.4) is 0 Å². The lowest BCUT2D eigenvalue weighted by Crippen LogP contribution is -1.99. The Bertz CT molecular complexity index is 582. The predicted molar refractivity (Wildman–Crippen MR) is 66.1 cm³/mol. The second-order valence-electron chi connectivity index (χ2n) is 3.19. The van der Waals surface area contributed by atoms with Crippen LogP contribution in [0.15, 0.2) is 18.2 Å². The molecule has 0 amide bonds. The zero-order chi connectivity index (χ0) is 13.1. The molecule has 0 aliphatic rings. The van der Waals surface area contributed by atoms with Gasteiger partial charge in [0.25, 0.3) is 0 Å².